The molecule has 8 heteroatoms. The maximum absolute atomic E-state index is 13.2. The fourth-order valence-electron chi connectivity index (χ4n) is 3.80. The summed E-state index contributed by atoms with van der Waals surface area (Å²) in [5, 5.41) is 6.18. The van der Waals surface area contributed by atoms with Crippen LogP contribution in [0.4, 0.5) is 0 Å². The summed E-state index contributed by atoms with van der Waals surface area (Å²) in [6, 6.07) is 17.7. The molecule has 0 aliphatic carbocycles. The van der Waals surface area contributed by atoms with Crippen LogP contribution in [0, 0.1) is 0 Å². The van der Waals surface area contributed by atoms with Gasteiger partial charge >= 0.3 is 0 Å². The van der Waals surface area contributed by atoms with Crippen molar-refractivity contribution in [2.45, 2.75) is 31.1 Å². The highest BCUT2D eigenvalue weighted by molar-refractivity contribution is 7.90. The van der Waals surface area contributed by atoms with E-state index in [-0.39, 0.29) is 21.6 Å². The Hall–Kier alpha value is -3.65. The highest BCUT2D eigenvalue weighted by Crippen LogP contribution is 2.31. The van der Waals surface area contributed by atoms with Crippen molar-refractivity contribution < 1.29 is 17.9 Å². The van der Waals surface area contributed by atoms with E-state index in [4.69, 9.17) is 4.74 Å². The maximum Gasteiger partial charge on any atom is 0.268 e. The lowest BCUT2D eigenvalue weighted by molar-refractivity contribution is 0.0981. The molecular formula is C26H27N3O4S. The summed E-state index contributed by atoms with van der Waals surface area (Å²) in [5.41, 5.74) is 2.53. The number of hydrogen-bond acceptors (Lipinski definition) is 5. The van der Waals surface area contributed by atoms with Crippen molar-refractivity contribution in [2.75, 3.05) is 7.11 Å². The zero-order valence-electron chi connectivity index (χ0n) is 19.8. The second kappa shape index (κ2) is 8.61. The molecule has 4 rings (SSSR count). The third-order valence-electron chi connectivity index (χ3n) is 5.68. The minimum Gasteiger partial charge on any atom is -0.495 e. The van der Waals surface area contributed by atoms with Crippen LogP contribution in [0.15, 0.2) is 71.8 Å². The summed E-state index contributed by atoms with van der Waals surface area (Å²) in [5.74, 6) is -0.542. The predicted octanol–water partition coefficient (Wildman–Crippen LogP) is 4.67. The standard InChI is InChI=1S/C26H27N3O4S/c1-26(2,3)19-10-12-23(33-5)24(16-19)34(31,32)28-25(30)18-9-11-20-17(15-18)7-6-8-21(20)22-13-14-29(4)27-22/h6-16H,1-5H3,(H,28,30). The van der Waals surface area contributed by atoms with Gasteiger partial charge in [-0.15, -0.1) is 0 Å². The van der Waals surface area contributed by atoms with Gasteiger partial charge in [0.25, 0.3) is 15.9 Å². The molecule has 0 saturated carbocycles. The van der Waals surface area contributed by atoms with E-state index in [1.54, 1.807) is 28.9 Å². The summed E-state index contributed by atoms with van der Waals surface area (Å²) in [6.45, 7) is 5.95. The van der Waals surface area contributed by atoms with Crippen molar-refractivity contribution in [3.63, 3.8) is 0 Å². The number of aryl methyl sites for hydroxylation is 1. The van der Waals surface area contributed by atoms with Gasteiger partial charge in [0.05, 0.1) is 12.8 Å². The van der Waals surface area contributed by atoms with Crippen LogP contribution in [0.2, 0.25) is 0 Å². The van der Waals surface area contributed by atoms with Crippen molar-refractivity contribution >= 4 is 26.7 Å². The Labute approximate surface area is 199 Å². The van der Waals surface area contributed by atoms with Crippen LogP contribution in [0.3, 0.4) is 0 Å². The molecule has 176 valence electrons. The van der Waals surface area contributed by atoms with E-state index in [0.717, 1.165) is 27.6 Å². The number of aromatic nitrogens is 2. The first-order chi connectivity index (χ1) is 16.0. The van der Waals surface area contributed by atoms with Gasteiger partial charge in [0.15, 0.2) is 0 Å². The number of ether oxygens (including phenoxy) is 1. The third kappa shape index (κ3) is 4.54. The van der Waals surface area contributed by atoms with Crippen LogP contribution >= 0.6 is 0 Å². The van der Waals surface area contributed by atoms with Crippen LogP contribution in [-0.4, -0.2) is 31.2 Å². The number of fused-ring (bicyclic) bond motifs is 1. The number of benzene rings is 3. The lowest BCUT2D eigenvalue weighted by Crippen LogP contribution is -2.31. The normalized spacial score (nSPS) is 12.0. The van der Waals surface area contributed by atoms with Gasteiger partial charge in [0.2, 0.25) is 0 Å². The molecule has 1 heterocycles. The number of hydrogen-bond donors (Lipinski definition) is 1. The second-order valence-corrected chi connectivity index (χ2v) is 10.8. The molecule has 0 unspecified atom stereocenters. The van der Waals surface area contributed by atoms with Gasteiger partial charge in [-0.2, -0.15) is 5.10 Å². The molecule has 1 aromatic heterocycles. The van der Waals surface area contributed by atoms with E-state index in [9.17, 15) is 13.2 Å². The molecule has 0 fully saturated rings. The molecule has 0 atom stereocenters. The van der Waals surface area contributed by atoms with Gasteiger partial charge in [0.1, 0.15) is 10.6 Å². The molecule has 0 aliphatic heterocycles. The average molecular weight is 478 g/mol. The topological polar surface area (TPSA) is 90.3 Å². The lowest BCUT2D eigenvalue weighted by atomic mass is 9.87. The SMILES string of the molecule is COc1ccc(C(C)(C)C)cc1S(=O)(=O)NC(=O)c1ccc2c(-c3ccn(C)n3)cccc2c1. The largest absolute Gasteiger partial charge is 0.495 e. The first kappa shape index (κ1) is 23.5. The third-order valence-corrected chi connectivity index (χ3v) is 7.03. The number of nitrogens with zero attached hydrogens (tertiary/aromatic N) is 2. The summed E-state index contributed by atoms with van der Waals surface area (Å²) in [4.78, 5) is 12.9. The summed E-state index contributed by atoms with van der Waals surface area (Å²) in [6.07, 6.45) is 1.86. The van der Waals surface area contributed by atoms with Gasteiger partial charge in [-0.05, 0) is 52.1 Å². The minimum atomic E-state index is -4.17. The number of carbonyl (C=O) groups is 1. The monoisotopic (exact) mass is 477 g/mol. The van der Waals surface area contributed by atoms with Gasteiger partial charge in [-0.25, -0.2) is 13.1 Å². The summed E-state index contributed by atoms with van der Waals surface area (Å²) in [7, 11) is -0.923. The Balaban J connectivity index is 1.68. The highest BCUT2D eigenvalue weighted by atomic mass is 32.2. The molecule has 0 aliphatic rings. The number of methoxy groups -OCH3 is 1. The number of sulfonamides is 1. The summed E-state index contributed by atoms with van der Waals surface area (Å²) < 4.78 is 35.5. The zero-order chi connectivity index (χ0) is 24.7. The van der Waals surface area contributed by atoms with E-state index in [1.165, 1.54) is 7.11 Å². The summed E-state index contributed by atoms with van der Waals surface area (Å²) >= 11 is 0. The molecule has 7 nitrogen and oxygen atoms in total. The Morgan fingerprint density at radius 3 is 2.44 bits per heavy atom. The molecule has 3 aromatic carbocycles. The van der Waals surface area contributed by atoms with Gasteiger partial charge in [-0.3, -0.25) is 9.48 Å². The zero-order valence-corrected chi connectivity index (χ0v) is 20.6. The number of amides is 1. The van der Waals surface area contributed by atoms with Crippen molar-refractivity contribution in [3.05, 3.63) is 78.0 Å². The van der Waals surface area contributed by atoms with E-state index in [0.29, 0.717) is 0 Å². The van der Waals surface area contributed by atoms with Crippen molar-refractivity contribution in [1.29, 1.82) is 0 Å². The van der Waals surface area contributed by atoms with Crippen LogP contribution in [-0.2, 0) is 22.5 Å². The van der Waals surface area contributed by atoms with Crippen LogP contribution in [0.25, 0.3) is 22.0 Å². The quantitative estimate of drug-likeness (QED) is 0.451. The van der Waals surface area contributed by atoms with Crippen molar-refractivity contribution in [2.24, 2.45) is 7.05 Å². The number of rotatable bonds is 5. The van der Waals surface area contributed by atoms with E-state index < -0.39 is 15.9 Å². The Bertz CT molecular complexity index is 1500. The fourth-order valence-corrected chi connectivity index (χ4v) is 4.97. The van der Waals surface area contributed by atoms with Crippen LogP contribution in [0.1, 0.15) is 36.7 Å². The van der Waals surface area contributed by atoms with Crippen LogP contribution < -0.4 is 9.46 Å². The first-order valence-corrected chi connectivity index (χ1v) is 12.3. The molecule has 0 bridgehead atoms. The Morgan fingerprint density at radius 2 is 1.79 bits per heavy atom. The van der Waals surface area contributed by atoms with Gasteiger partial charge < -0.3 is 4.74 Å². The molecule has 1 N–H and O–H groups in total. The van der Waals surface area contributed by atoms with Crippen LogP contribution in [0.5, 0.6) is 5.75 Å². The maximum atomic E-state index is 13.2. The lowest BCUT2D eigenvalue weighted by Gasteiger charge is -2.21. The average Bonchev–Trinajstić information content (AvgIpc) is 3.23. The molecule has 0 radical (unpaired) electrons. The van der Waals surface area contributed by atoms with E-state index in [2.05, 4.69) is 9.82 Å². The smallest absolute Gasteiger partial charge is 0.268 e. The van der Waals surface area contributed by atoms with Crippen molar-refractivity contribution in [3.8, 4) is 17.0 Å². The molecule has 4 aromatic rings. The fraction of sp³-hybridized carbons (Fsp3) is 0.231. The molecule has 0 saturated heterocycles. The van der Waals surface area contributed by atoms with E-state index >= 15 is 0 Å². The second-order valence-electron chi connectivity index (χ2n) is 9.17. The molecule has 0 spiro atoms. The molecule has 34 heavy (non-hydrogen) atoms. The Kier molecular flexibility index (Phi) is 5.95. The van der Waals surface area contributed by atoms with Gasteiger partial charge in [-0.1, -0.05) is 51.1 Å². The van der Waals surface area contributed by atoms with E-state index in [1.807, 2.05) is 70.4 Å². The molecular weight excluding hydrogens is 450 g/mol. The minimum absolute atomic E-state index is 0.0750. The Morgan fingerprint density at radius 1 is 1.03 bits per heavy atom. The predicted molar refractivity (Wildman–Crippen MR) is 132 cm³/mol. The number of nitrogens with one attached hydrogen (secondary N) is 1. The van der Waals surface area contributed by atoms with Crippen molar-refractivity contribution in [1.82, 2.24) is 14.5 Å². The highest BCUT2D eigenvalue weighted by Gasteiger charge is 2.26. The number of carbonyl (C=O) groups excluding carboxylic acids is 1. The van der Waals surface area contributed by atoms with Gasteiger partial charge in [0, 0.05) is 24.4 Å². The first-order valence-electron chi connectivity index (χ1n) is 10.8. The molecule has 1 amide bonds.